The molecule has 1 aliphatic heterocycles. The molecule has 0 saturated carbocycles. The Kier molecular flexibility index (Phi) is 5.48. The number of amides is 1. The second-order valence-electron chi connectivity index (χ2n) is 5.84. The number of hydrogen-bond donors (Lipinski definition) is 0. The fourth-order valence-corrected chi connectivity index (χ4v) is 3.59. The van der Waals surface area contributed by atoms with Gasteiger partial charge in [-0.25, -0.2) is 4.98 Å². The molecular weight excluding hydrogens is 324 g/mol. The molecule has 0 N–H and O–H groups in total. The third kappa shape index (κ3) is 3.76. The molecule has 6 heteroatoms. The van der Waals surface area contributed by atoms with Crippen LogP contribution >= 0.6 is 11.3 Å². The Balaban J connectivity index is 1.71. The molecule has 3 rings (SSSR count). The molecule has 1 atom stereocenters. The van der Waals surface area contributed by atoms with E-state index in [4.69, 9.17) is 9.47 Å². The fraction of sp³-hybridized carbons (Fsp3) is 0.444. The zero-order valence-electron chi connectivity index (χ0n) is 14.0. The minimum atomic E-state index is 0.000381. The van der Waals surface area contributed by atoms with Crippen LogP contribution in [-0.2, 0) is 4.74 Å². The first-order valence-corrected chi connectivity index (χ1v) is 9.06. The Morgan fingerprint density at radius 1 is 1.42 bits per heavy atom. The highest BCUT2D eigenvalue weighted by Crippen LogP contribution is 2.26. The minimum Gasteiger partial charge on any atom is -0.497 e. The van der Waals surface area contributed by atoms with Gasteiger partial charge < -0.3 is 14.4 Å². The molecule has 0 radical (unpaired) electrons. The average molecular weight is 346 g/mol. The molecule has 128 valence electrons. The van der Waals surface area contributed by atoms with Crippen molar-refractivity contribution in [2.75, 3.05) is 33.4 Å². The van der Waals surface area contributed by atoms with E-state index in [9.17, 15) is 4.79 Å². The normalized spacial score (nSPS) is 17.0. The lowest BCUT2D eigenvalue weighted by Gasteiger charge is -2.22. The van der Waals surface area contributed by atoms with Crippen LogP contribution in [0.15, 0.2) is 29.6 Å². The predicted molar refractivity (Wildman–Crippen MR) is 94.6 cm³/mol. The summed E-state index contributed by atoms with van der Waals surface area (Å²) in [5.41, 5.74) is 1.51. The van der Waals surface area contributed by atoms with Crippen LogP contribution in [0.4, 0.5) is 0 Å². The molecule has 1 saturated heterocycles. The van der Waals surface area contributed by atoms with Crippen LogP contribution in [0.5, 0.6) is 5.75 Å². The Labute approximate surface area is 146 Å². The van der Waals surface area contributed by atoms with E-state index in [1.807, 2.05) is 41.5 Å². The summed E-state index contributed by atoms with van der Waals surface area (Å²) in [4.78, 5) is 19.1. The molecule has 2 heterocycles. The summed E-state index contributed by atoms with van der Waals surface area (Å²) in [6, 6.07) is 7.71. The van der Waals surface area contributed by atoms with Crippen LogP contribution < -0.4 is 4.74 Å². The molecule has 2 aromatic rings. The van der Waals surface area contributed by atoms with E-state index in [0.29, 0.717) is 18.2 Å². The van der Waals surface area contributed by atoms with Gasteiger partial charge in [0.2, 0.25) is 0 Å². The number of methoxy groups -OCH3 is 1. The molecule has 1 aromatic carbocycles. The molecule has 0 spiro atoms. The van der Waals surface area contributed by atoms with E-state index >= 15 is 0 Å². The lowest BCUT2D eigenvalue weighted by atomic mass is 10.1. The maximum Gasteiger partial charge on any atom is 0.273 e. The van der Waals surface area contributed by atoms with E-state index in [1.54, 1.807) is 7.11 Å². The minimum absolute atomic E-state index is 0.000381. The van der Waals surface area contributed by atoms with Gasteiger partial charge in [0, 0.05) is 36.6 Å². The summed E-state index contributed by atoms with van der Waals surface area (Å²) < 4.78 is 10.6. The smallest absolute Gasteiger partial charge is 0.273 e. The SMILES string of the molecule is CCN(C[C@@H]1CCOC1)C(=O)c1csc(-c2ccc(OC)cc2)n1. The maximum absolute atomic E-state index is 12.7. The van der Waals surface area contributed by atoms with Crippen LogP contribution in [0.2, 0.25) is 0 Å². The van der Waals surface area contributed by atoms with Gasteiger partial charge >= 0.3 is 0 Å². The zero-order valence-corrected chi connectivity index (χ0v) is 14.8. The van der Waals surface area contributed by atoms with Crippen LogP contribution in [0.25, 0.3) is 10.6 Å². The van der Waals surface area contributed by atoms with Crippen LogP contribution in [0.1, 0.15) is 23.8 Å². The first kappa shape index (κ1) is 16.9. The molecule has 1 fully saturated rings. The lowest BCUT2D eigenvalue weighted by molar-refractivity contribution is 0.0726. The molecule has 1 aliphatic rings. The van der Waals surface area contributed by atoms with E-state index < -0.39 is 0 Å². The van der Waals surface area contributed by atoms with Gasteiger partial charge in [0.25, 0.3) is 5.91 Å². The van der Waals surface area contributed by atoms with Gasteiger partial charge in [0.1, 0.15) is 16.5 Å². The van der Waals surface area contributed by atoms with Crippen molar-refractivity contribution >= 4 is 17.2 Å². The highest BCUT2D eigenvalue weighted by molar-refractivity contribution is 7.13. The topological polar surface area (TPSA) is 51.7 Å². The van der Waals surface area contributed by atoms with E-state index in [-0.39, 0.29) is 5.91 Å². The largest absolute Gasteiger partial charge is 0.497 e. The van der Waals surface area contributed by atoms with Gasteiger partial charge in [0.05, 0.1) is 13.7 Å². The predicted octanol–water partition coefficient (Wildman–Crippen LogP) is 3.32. The summed E-state index contributed by atoms with van der Waals surface area (Å²) in [5, 5.41) is 2.69. The number of aromatic nitrogens is 1. The molecule has 0 aliphatic carbocycles. The Morgan fingerprint density at radius 3 is 2.83 bits per heavy atom. The number of thiazole rings is 1. The monoisotopic (exact) mass is 346 g/mol. The van der Waals surface area contributed by atoms with Crippen molar-refractivity contribution in [2.45, 2.75) is 13.3 Å². The summed E-state index contributed by atoms with van der Waals surface area (Å²) in [6.45, 7) is 4.98. The highest BCUT2D eigenvalue weighted by atomic mass is 32.1. The first-order valence-electron chi connectivity index (χ1n) is 8.18. The summed E-state index contributed by atoms with van der Waals surface area (Å²) in [7, 11) is 1.64. The van der Waals surface area contributed by atoms with Crippen molar-refractivity contribution in [1.82, 2.24) is 9.88 Å². The van der Waals surface area contributed by atoms with Crippen molar-refractivity contribution in [1.29, 1.82) is 0 Å². The van der Waals surface area contributed by atoms with Gasteiger partial charge in [-0.15, -0.1) is 11.3 Å². The molecule has 0 unspecified atom stereocenters. The van der Waals surface area contributed by atoms with Crippen molar-refractivity contribution < 1.29 is 14.3 Å². The molecule has 1 amide bonds. The molecule has 24 heavy (non-hydrogen) atoms. The summed E-state index contributed by atoms with van der Waals surface area (Å²) in [6.07, 6.45) is 1.03. The van der Waals surface area contributed by atoms with Crippen LogP contribution in [-0.4, -0.2) is 49.2 Å². The van der Waals surface area contributed by atoms with Crippen molar-refractivity contribution in [2.24, 2.45) is 5.92 Å². The highest BCUT2D eigenvalue weighted by Gasteiger charge is 2.23. The van der Waals surface area contributed by atoms with Crippen LogP contribution in [0, 0.1) is 5.92 Å². The number of rotatable bonds is 6. The summed E-state index contributed by atoms with van der Waals surface area (Å²) >= 11 is 1.49. The van der Waals surface area contributed by atoms with Crippen LogP contribution in [0.3, 0.4) is 0 Å². The second-order valence-corrected chi connectivity index (χ2v) is 6.70. The number of ether oxygens (including phenoxy) is 2. The summed E-state index contributed by atoms with van der Waals surface area (Å²) in [5.74, 6) is 1.25. The average Bonchev–Trinajstić information content (AvgIpc) is 3.31. The lowest BCUT2D eigenvalue weighted by Crippen LogP contribution is -2.35. The third-order valence-electron chi connectivity index (χ3n) is 4.23. The number of nitrogens with zero attached hydrogens (tertiary/aromatic N) is 2. The number of hydrogen-bond acceptors (Lipinski definition) is 5. The fourth-order valence-electron chi connectivity index (χ4n) is 2.79. The zero-order chi connectivity index (χ0) is 16.9. The van der Waals surface area contributed by atoms with Crippen molar-refractivity contribution in [3.8, 4) is 16.3 Å². The Bertz CT molecular complexity index is 678. The van der Waals surface area contributed by atoms with Gasteiger partial charge in [-0.1, -0.05) is 0 Å². The molecule has 1 aromatic heterocycles. The third-order valence-corrected chi connectivity index (χ3v) is 5.12. The Hall–Kier alpha value is -1.92. The Morgan fingerprint density at radius 2 is 2.21 bits per heavy atom. The van der Waals surface area contributed by atoms with E-state index in [2.05, 4.69) is 4.98 Å². The van der Waals surface area contributed by atoms with Crippen molar-refractivity contribution in [3.05, 3.63) is 35.3 Å². The van der Waals surface area contributed by atoms with Crippen molar-refractivity contribution in [3.63, 3.8) is 0 Å². The standard InChI is InChI=1S/C18H22N2O3S/c1-3-20(10-13-8-9-23-11-13)18(21)16-12-24-17(19-16)14-4-6-15(22-2)7-5-14/h4-7,12-13H,3,8-11H2,1-2H3/t13-/m0/s1. The maximum atomic E-state index is 12.7. The molecular formula is C18H22N2O3S. The quantitative estimate of drug-likeness (QED) is 0.805. The second kappa shape index (κ2) is 7.77. The van der Waals surface area contributed by atoms with Gasteiger partial charge in [-0.3, -0.25) is 4.79 Å². The number of carbonyl (C=O) groups is 1. The first-order chi connectivity index (χ1) is 11.7. The van der Waals surface area contributed by atoms with E-state index in [0.717, 1.165) is 42.5 Å². The van der Waals surface area contributed by atoms with Gasteiger partial charge in [-0.2, -0.15) is 0 Å². The molecule has 0 bridgehead atoms. The number of carbonyl (C=O) groups excluding carboxylic acids is 1. The molecule has 5 nitrogen and oxygen atoms in total. The van der Waals surface area contributed by atoms with Gasteiger partial charge in [0.15, 0.2) is 0 Å². The number of benzene rings is 1. The van der Waals surface area contributed by atoms with E-state index in [1.165, 1.54) is 11.3 Å². The van der Waals surface area contributed by atoms with Gasteiger partial charge in [-0.05, 0) is 37.6 Å².